The van der Waals surface area contributed by atoms with E-state index in [1.165, 1.54) is 17.7 Å². The Morgan fingerprint density at radius 2 is 1.60 bits per heavy atom. The summed E-state index contributed by atoms with van der Waals surface area (Å²) in [6.07, 6.45) is 1.08. The smallest absolute Gasteiger partial charge is 0.252 e. The summed E-state index contributed by atoms with van der Waals surface area (Å²) < 4.78 is 23.6. The number of amides is 1. The van der Waals surface area contributed by atoms with Gasteiger partial charge in [-0.3, -0.25) is 4.79 Å². The maximum absolute atomic E-state index is 12.4. The summed E-state index contributed by atoms with van der Waals surface area (Å²) >= 11 is 0. The molecule has 2 aromatic carbocycles. The third-order valence-corrected chi connectivity index (χ3v) is 5.20. The lowest BCUT2D eigenvalue weighted by molar-refractivity contribution is 0.0948. The van der Waals surface area contributed by atoms with E-state index in [4.69, 9.17) is 5.73 Å². The zero-order valence-corrected chi connectivity index (χ0v) is 15.5. The predicted octanol–water partition coefficient (Wildman–Crippen LogP) is 2.64. The summed E-state index contributed by atoms with van der Waals surface area (Å²) in [4.78, 5) is 12.4. The molecule has 134 valence electrons. The number of carbonyl (C=O) groups is 1. The van der Waals surface area contributed by atoms with Gasteiger partial charge in [0, 0.05) is 18.8 Å². The first-order chi connectivity index (χ1) is 11.7. The third-order valence-electron chi connectivity index (χ3n) is 4.04. The average molecular weight is 360 g/mol. The lowest BCUT2D eigenvalue weighted by Gasteiger charge is -2.15. The second-order valence-corrected chi connectivity index (χ2v) is 8.39. The molecule has 0 heterocycles. The van der Waals surface area contributed by atoms with Crippen LogP contribution < -0.4 is 11.1 Å². The van der Waals surface area contributed by atoms with Gasteiger partial charge in [-0.05, 0) is 29.2 Å². The molecule has 25 heavy (non-hydrogen) atoms. The molecule has 0 saturated carbocycles. The summed E-state index contributed by atoms with van der Waals surface area (Å²) in [5.41, 5.74) is 8.41. The van der Waals surface area contributed by atoms with Crippen LogP contribution in [-0.2, 0) is 9.84 Å². The molecular weight excluding hydrogens is 336 g/mol. The molecule has 1 atom stereocenters. The van der Waals surface area contributed by atoms with Gasteiger partial charge in [0.15, 0.2) is 9.84 Å². The summed E-state index contributed by atoms with van der Waals surface area (Å²) in [6.45, 7) is 4.46. The van der Waals surface area contributed by atoms with Gasteiger partial charge in [-0.2, -0.15) is 0 Å². The van der Waals surface area contributed by atoms with Crippen LogP contribution in [0.2, 0.25) is 0 Å². The van der Waals surface area contributed by atoms with E-state index in [9.17, 15) is 13.2 Å². The van der Waals surface area contributed by atoms with Gasteiger partial charge in [0.1, 0.15) is 0 Å². The Labute approximate surface area is 149 Å². The summed E-state index contributed by atoms with van der Waals surface area (Å²) in [6, 6.07) is 13.7. The number of carbonyl (C=O) groups excluding carboxylic acids is 1. The van der Waals surface area contributed by atoms with E-state index in [1.54, 1.807) is 12.1 Å². The first-order valence-corrected chi connectivity index (χ1v) is 10.0. The molecule has 2 rings (SSSR count). The van der Waals surface area contributed by atoms with Crippen LogP contribution in [0.4, 0.5) is 0 Å². The van der Waals surface area contributed by atoms with E-state index in [-0.39, 0.29) is 23.0 Å². The van der Waals surface area contributed by atoms with E-state index in [2.05, 4.69) is 19.2 Å². The molecule has 1 amide bonds. The van der Waals surface area contributed by atoms with E-state index < -0.39 is 15.7 Å². The summed E-state index contributed by atoms with van der Waals surface area (Å²) in [7, 11) is -3.47. The molecule has 0 aliphatic carbocycles. The fourth-order valence-electron chi connectivity index (χ4n) is 2.52. The molecule has 0 bridgehead atoms. The highest BCUT2D eigenvalue weighted by atomic mass is 32.2. The average Bonchev–Trinajstić information content (AvgIpc) is 2.58. The number of rotatable bonds is 6. The third kappa shape index (κ3) is 4.90. The largest absolute Gasteiger partial charge is 0.350 e. The van der Waals surface area contributed by atoms with Crippen molar-refractivity contribution in [3.63, 3.8) is 0 Å². The molecule has 6 heteroatoms. The molecule has 0 aliphatic rings. The molecule has 0 fully saturated rings. The van der Waals surface area contributed by atoms with Crippen LogP contribution in [0, 0.1) is 0 Å². The Kier molecular flexibility index (Phi) is 5.98. The Bertz CT molecular complexity index is 843. The van der Waals surface area contributed by atoms with Crippen LogP contribution in [0.15, 0.2) is 53.4 Å². The van der Waals surface area contributed by atoms with Crippen molar-refractivity contribution in [2.24, 2.45) is 5.73 Å². The Hall–Kier alpha value is -2.18. The lowest BCUT2D eigenvalue weighted by Crippen LogP contribution is -2.32. The maximum Gasteiger partial charge on any atom is 0.252 e. The highest BCUT2D eigenvalue weighted by Crippen LogP contribution is 2.18. The Morgan fingerprint density at radius 1 is 1.04 bits per heavy atom. The molecular formula is C19H24N2O3S. The lowest BCUT2D eigenvalue weighted by atomic mass is 9.99. The number of nitrogens with two attached hydrogens (primary N) is 1. The Balaban J connectivity index is 2.07. The SMILES string of the molecule is CC(C)c1ccc(C(N)CNC(=O)c2ccccc2S(C)(=O)=O)cc1. The van der Waals surface area contributed by atoms with Crippen LogP contribution in [-0.4, -0.2) is 27.1 Å². The first kappa shape index (κ1) is 19.1. The molecule has 2 aromatic rings. The van der Waals surface area contributed by atoms with Gasteiger partial charge in [0.25, 0.3) is 5.91 Å². The van der Waals surface area contributed by atoms with Crippen molar-refractivity contribution in [1.29, 1.82) is 0 Å². The molecule has 0 spiro atoms. The van der Waals surface area contributed by atoms with Crippen molar-refractivity contribution in [2.45, 2.75) is 30.7 Å². The van der Waals surface area contributed by atoms with Gasteiger partial charge in [-0.15, -0.1) is 0 Å². The standard InChI is InChI=1S/C19H24N2O3S/c1-13(2)14-8-10-15(11-9-14)17(20)12-21-19(22)16-6-4-5-7-18(16)25(3,23)24/h4-11,13,17H,12,20H2,1-3H3,(H,21,22). The normalized spacial score (nSPS) is 12.8. The van der Waals surface area contributed by atoms with Gasteiger partial charge in [-0.1, -0.05) is 50.2 Å². The van der Waals surface area contributed by atoms with E-state index in [0.717, 1.165) is 11.8 Å². The van der Waals surface area contributed by atoms with Gasteiger partial charge >= 0.3 is 0 Å². The fraction of sp³-hybridized carbons (Fsp3) is 0.316. The van der Waals surface area contributed by atoms with Gasteiger partial charge in [0.2, 0.25) is 0 Å². The van der Waals surface area contributed by atoms with Crippen LogP contribution in [0.3, 0.4) is 0 Å². The van der Waals surface area contributed by atoms with Crippen LogP contribution in [0.1, 0.15) is 47.3 Å². The summed E-state index contributed by atoms with van der Waals surface area (Å²) in [5, 5.41) is 2.72. The maximum atomic E-state index is 12.4. The van der Waals surface area contributed by atoms with Gasteiger partial charge in [-0.25, -0.2) is 8.42 Å². The van der Waals surface area contributed by atoms with Crippen LogP contribution in [0.25, 0.3) is 0 Å². The van der Waals surface area contributed by atoms with Crippen molar-refractivity contribution in [3.8, 4) is 0 Å². The van der Waals surface area contributed by atoms with E-state index in [1.807, 2.05) is 24.3 Å². The fourth-order valence-corrected chi connectivity index (χ4v) is 3.41. The highest BCUT2D eigenvalue weighted by molar-refractivity contribution is 7.90. The molecule has 0 aliphatic heterocycles. The van der Waals surface area contributed by atoms with Crippen molar-refractivity contribution in [3.05, 3.63) is 65.2 Å². The number of hydrogen-bond acceptors (Lipinski definition) is 4. The zero-order valence-electron chi connectivity index (χ0n) is 14.7. The first-order valence-electron chi connectivity index (χ1n) is 8.13. The van der Waals surface area contributed by atoms with Gasteiger partial charge < -0.3 is 11.1 Å². The molecule has 1 unspecified atom stereocenters. The minimum absolute atomic E-state index is 0.0161. The molecule has 0 radical (unpaired) electrons. The molecule has 0 aromatic heterocycles. The van der Waals surface area contributed by atoms with Crippen molar-refractivity contribution >= 4 is 15.7 Å². The summed E-state index contributed by atoms with van der Waals surface area (Å²) in [5.74, 6) is -0.00672. The number of hydrogen-bond donors (Lipinski definition) is 2. The topological polar surface area (TPSA) is 89.3 Å². The van der Waals surface area contributed by atoms with E-state index in [0.29, 0.717) is 5.92 Å². The minimum atomic E-state index is -3.47. The van der Waals surface area contributed by atoms with E-state index >= 15 is 0 Å². The molecule has 3 N–H and O–H groups in total. The van der Waals surface area contributed by atoms with Crippen LogP contribution >= 0.6 is 0 Å². The monoisotopic (exact) mass is 360 g/mol. The Morgan fingerprint density at radius 3 is 2.16 bits per heavy atom. The minimum Gasteiger partial charge on any atom is -0.350 e. The molecule has 5 nitrogen and oxygen atoms in total. The van der Waals surface area contributed by atoms with Gasteiger partial charge in [0.05, 0.1) is 10.5 Å². The number of sulfone groups is 1. The van der Waals surface area contributed by atoms with Crippen LogP contribution in [0.5, 0.6) is 0 Å². The predicted molar refractivity (Wildman–Crippen MR) is 99.3 cm³/mol. The second-order valence-electron chi connectivity index (χ2n) is 6.41. The van der Waals surface area contributed by atoms with Crippen molar-refractivity contribution in [2.75, 3.05) is 12.8 Å². The highest BCUT2D eigenvalue weighted by Gasteiger charge is 2.18. The van der Waals surface area contributed by atoms with Crippen molar-refractivity contribution in [1.82, 2.24) is 5.32 Å². The zero-order chi connectivity index (χ0) is 18.6. The second kappa shape index (κ2) is 7.80. The quantitative estimate of drug-likeness (QED) is 0.829. The molecule has 0 saturated heterocycles. The number of nitrogens with one attached hydrogen (secondary N) is 1. The van der Waals surface area contributed by atoms with Crippen molar-refractivity contribution < 1.29 is 13.2 Å². The number of benzene rings is 2.